The van der Waals surface area contributed by atoms with Gasteiger partial charge in [-0.1, -0.05) is 6.92 Å². The molecule has 0 saturated heterocycles. The van der Waals surface area contributed by atoms with Crippen LogP contribution < -0.4 is 5.32 Å². The lowest BCUT2D eigenvalue weighted by Gasteiger charge is -2.35. The highest BCUT2D eigenvalue weighted by molar-refractivity contribution is 5.76. The predicted molar refractivity (Wildman–Crippen MR) is 88.8 cm³/mol. The van der Waals surface area contributed by atoms with E-state index in [4.69, 9.17) is 9.84 Å². The smallest absolute Gasteiger partial charge is 0.456 e. The van der Waals surface area contributed by atoms with Gasteiger partial charge in [-0.3, -0.25) is 0 Å². The molecule has 1 amide bonds. The van der Waals surface area contributed by atoms with Crippen molar-refractivity contribution in [2.24, 2.45) is 0 Å². The normalized spacial score (nSPS) is 14.3. The Labute approximate surface area is 185 Å². The van der Waals surface area contributed by atoms with Gasteiger partial charge in [0.25, 0.3) is 6.29 Å². The molecule has 2 N–H and O–H groups in total. The summed E-state index contributed by atoms with van der Waals surface area (Å²) < 4.78 is 129. The van der Waals surface area contributed by atoms with Crippen molar-refractivity contribution in [3.8, 4) is 0 Å². The van der Waals surface area contributed by atoms with E-state index in [0.717, 1.165) is 0 Å². The molecule has 9 nitrogen and oxygen atoms in total. The van der Waals surface area contributed by atoms with Gasteiger partial charge in [-0.05, 0) is 20.3 Å². The van der Waals surface area contributed by atoms with E-state index in [2.05, 4.69) is 14.2 Å². The number of alkyl carbamates (subject to hydrolysis) is 1. The Morgan fingerprint density at radius 2 is 1.24 bits per heavy atom. The van der Waals surface area contributed by atoms with Crippen molar-refractivity contribution in [3.63, 3.8) is 0 Å². The summed E-state index contributed by atoms with van der Waals surface area (Å²) in [5.74, 6) is -5.92. The molecule has 0 bridgehead atoms. The van der Waals surface area contributed by atoms with Crippen LogP contribution in [-0.4, -0.2) is 78.9 Å². The third-order valence-corrected chi connectivity index (χ3v) is 3.81. The van der Waals surface area contributed by atoms with Gasteiger partial charge < -0.3 is 29.4 Å². The molecule has 0 aliphatic carbocycles. The Morgan fingerprint density at radius 1 is 0.824 bits per heavy atom. The average Bonchev–Trinajstić information content (AvgIpc) is 2.65. The molecule has 0 aromatic carbocycles. The highest BCUT2D eigenvalue weighted by Crippen LogP contribution is 2.25. The van der Waals surface area contributed by atoms with Gasteiger partial charge in [-0.15, -0.1) is 0 Å². The fourth-order valence-corrected chi connectivity index (χ4v) is 1.70. The van der Waals surface area contributed by atoms with Crippen molar-refractivity contribution >= 4 is 18.0 Å². The van der Waals surface area contributed by atoms with Crippen LogP contribution in [0.4, 0.5) is 44.3 Å². The van der Waals surface area contributed by atoms with E-state index in [1.165, 1.54) is 20.8 Å². The van der Waals surface area contributed by atoms with Gasteiger partial charge in [-0.25, -0.2) is 14.4 Å². The monoisotopic (exact) mass is 525 g/mol. The van der Waals surface area contributed by atoms with Crippen LogP contribution in [0, 0.1) is 0 Å². The summed E-state index contributed by atoms with van der Waals surface area (Å²) in [5.41, 5.74) is -4.30. The summed E-state index contributed by atoms with van der Waals surface area (Å²) in [4.78, 5) is 34.2. The first-order chi connectivity index (χ1) is 15.0. The number of carbonyl (C=O) groups is 3. The maximum atomic E-state index is 12.5. The maximum absolute atomic E-state index is 12.5. The van der Waals surface area contributed by atoms with Crippen LogP contribution in [0.15, 0.2) is 0 Å². The molecular weight excluding hydrogens is 505 g/mol. The molecule has 0 radical (unpaired) electrons. The SMILES string of the molecule is CCC(C)(C)OC(=O)NC(COC(=O)C(F)(F)F)(COC(=O)C(F)(F)F)COC(O)C(F)(F)F. The molecule has 0 aliphatic heterocycles. The second-order valence-electron chi connectivity index (χ2n) is 7.26. The number of carbonyl (C=O) groups excluding carboxylic acids is 3. The molecule has 0 heterocycles. The lowest BCUT2D eigenvalue weighted by atomic mass is 10.0. The molecule has 200 valence electrons. The third kappa shape index (κ3) is 11.1. The molecule has 0 rings (SSSR count). The minimum absolute atomic E-state index is 0.114. The fourth-order valence-electron chi connectivity index (χ4n) is 1.70. The van der Waals surface area contributed by atoms with Crippen molar-refractivity contribution in [3.05, 3.63) is 0 Å². The molecule has 0 saturated carbocycles. The highest BCUT2D eigenvalue weighted by Gasteiger charge is 2.48. The van der Waals surface area contributed by atoms with Gasteiger partial charge in [0.05, 0.1) is 6.61 Å². The van der Waals surface area contributed by atoms with E-state index >= 15 is 0 Å². The summed E-state index contributed by atoms with van der Waals surface area (Å²) >= 11 is 0. The third-order valence-electron chi connectivity index (χ3n) is 3.81. The van der Waals surface area contributed by atoms with Crippen molar-refractivity contribution in [2.45, 2.75) is 63.2 Å². The first-order valence-corrected chi connectivity index (χ1v) is 8.90. The average molecular weight is 525 g/mol. The summed E-state index contributed by atoms with van der Waals surface area (Å²) in [6.07, 6.45) is -22.0. The number of nitrogens with one attached hydrogen (secondary N) is 1. The lowest BCUT2D eigenvalue weighted by Crippen LogP contribution is -2.61. The minimum atomic E-state index is -5.66. The number of ether oxygens (including phenoxy) is 4. The number of aliphatic hydroxyl groups is 1. The minimum Gasteiger partial charge on any atom is -0.456 e. The molecule has 0 aromatic rings. The van der Waals surface area contributed by atoms with Crippen LogP contribution in [0.3, 0.4) is 0 Å². The van der Waals surface area contributed by atoms with E-state index in [9.17, 15) is 53.9 Å². The van der Waals surface area contributed by atoms with E-state index in [1.54, 1.807) is 5.32 Å². The van der Waals surface area contributed by atoms with Crippen LogP contribution in [-0.2, 0) is 28.5 Å². The molecule has 34 heavy (non-hydrogen) atoms. The van der Waals surface area contributed by atoms with Crippen LogP contribution in [0.5, 0.6) is 0 Å². The largest absolute Gasteiger partial charge is 0.490 e. The molecule has 0 aromatic heterocycles. The topological polar surface area (TPSA) is 120 Å². The van der Waals surface area contributed by atoms with Gasteiger partial charge in [0.1, 0.15) is 24.4 Å². The maximum Gasteiger partial charge on any atom is 0.490 e. The molecule has 1 atom stereocenters. The summed E-state index contributed by atoms with van der Waals surface area (Å²) in [7, 11) is 0. The zero-order chi connectivity index (χ0) is 27.2. The predicted octanol–water partition coefficient (Wildman–Crippen LogP) is 2.75. The Hall–Kier alpha value is -2.50. The van der Waals surface area contributed by atoms with Gasteiger partial charge in [0, 0.05) is 0 Å². The van der Waals surface area contributed by atoms with Gasteiger partial charge in [0.15, 0.2) is 0 Å². The van der Waals surface area contributed by atoms with E-state index < -0.39 is 73.8 Å². The fraction of sp³-hybridized carbons (Fsp3) is 0.812. The van der Waals surface area contributed by atoms with E-state index in [-0.39, 0.29) is 6.42 Å². The first kappa shape index (κ1) is 31.5. The molecule has 1 unspecified atom stereocenters. The van der Waals surface area contributed by atoms with Crippen LogP contribution in [0.1, 0.15) is 27.2 Å². The Kier molecular flexibility index (Phi) is 10.5. The molecule has 0 fully saturated rings. The number of aliphatic hydroxyl groups excluding tert-OH is 1. The quantitative estimate of drug-likeness (QED) is 0.194. The van der Waals surface area contributed by atoms with Crippen molar-refractivity contribution in [2.75, 3.05) is 19.8 Å². The van der Waals surface area contributed by atoms with E-state index in [0.29, 0.717) is 0 Å². The lowest BCUT2D eigenvalue weighted by molar-refractivity contribution is -0.299. The van der Waals surface area contributed by atoms with Gasteiger partial charge >= 0.3 is 36.6 Å². The second-order valence-corrected chi connectivity index (χ2v) is 7.26. The van der Waals surface area contributed by atoms with Gasteiger partial charge in [0.2, 0.25) is 0 Å². The zero-order valence-corrected chi connectivity index (χ0v) is 17.6. The van der Waals surface area contributed by atoms with Crippen LogP contribution >= 0.6 is 0 Å². The van der Waals surface area contributed by atoms with E-state index in [1.807, 2.05) is 0 Å². The van der Waals surface area contributed by atoms with Gasteiger partial charge in [-0.2, -0.15) is 39.5 Å². The number of halogens is 9. The standard InChI is InChI=1S/C16H20F9NO8/c1-4-12(2,3)34-11(30)26-13(5-31-8(27)14(17,18)19,6-32-9(28)15(20,21)22)7-33-10(29)16(23,24)25/h8,27H,4-7H2,1-3H3,(H,26,30). The Bertz CT molecular complexity index is 689. The number of esters is 2. The number of amides is 1. The summed E-state index contributed by atoms with van der Waals surface area (Å²) in [6.45, 7) is -1.27. The molecular formula is C16H20F9NO8. The zero-order valence-electron chi connectivity index (χ0n) is 17.6. The highest BCUT2D eigenvalue weighted by atomic mass is 19.4. The van der Waals surface area contributed by atoms with Crippen molar-refractivity contribution in [1.82, 2.24) is 5.32 Å². The molecule has 18 heteroatoms. The Balaban J connectivity index is 6.08. The number of hydrogen-bond acceptors (Lipinski definition) is 8. The van der Waals surface area contributed by atoms with Crippen LogP contribution in [0.25, 0.3) is 0 Å². The first-order valence-electron chi connectivity index (χ1n) is 8.90. The van der Waals surface area contributed by atoms with Crippen molar-refractivity contribution in [1.29, 1.82) is 0 Å². The number of alkyl halides is 9. The molecule has 0 spiro atoms. The molecule has 0 aliphatic rings. The van der Waals surface area contributed by atoms with Crippen molar-refractivity contribution < 1.29 is 78.0 Å². The summed E-state index contributed by atoms with van der Waals surface area (Å²) in [5, 5.41) is 10.5. The number of rotatable bonds is 10. The second kappa shape index (κ2) is 11.3. The number of hydrogen-bond donors (Lipinski definition) is 2. The van der Waals surface area contributed by atoms with Crippen LogP contribution in [0.2, 0.25) is 0 Å². The Morgan fingerprint density at radius 3 is 1.56 bits per heavy atom. The summed E-state index contributed by atoms with van der Waals surface area (Å²) in [6, 6.07) is 0.